The summed E-state index contributed by atoms with van der Waals surface area (Å²) in [7, 11) is 0. The van der Waals surface area contributed by atoms with Crippen LogP contribution in [0.2, 0.25) is 0 Å². The molecular weight excluding hydrogens is 374 g/mol. The van der Waals surface area contributed by atoms with Crippen molar-refractivity contribution in [2.24, 2.45) is 0 Å². The Morgan fingerprint density at radius 1 is 0.933 bits per heavy atom. The van der Waals surface area contributed by atoms with Crippen LogP contribution >= 0.6 is 0 Å². The minimum Gasteiger partial charge on any atom is -0.342 e. The largest absolute Gasteiger partial charge is 0.342 e. The van der Waals surface area contributed by atoms with E-state index in [1.807, 2.05) is 91.2 Å². The van der Waals surface area contributed by atoms with E-state index < -0.39 is 0 Å². The van der Waals surface area contributed by atoms with Crippen LogP contribution in [-0.4, -0.2) is 21.2 Å². The molecule has 0 saturated heterocycles. The summed E-state index contributed by atoms with van der Waals surface area (Å²) in [6, 6.07) is 24.0. The van der Waals surface area contributed by atoms with E-state index in [1.54, 1.807) is 6.07 Å². The first kappa shape index (κ1) is 19.6. The maximum atomic E-state index is 12.9. The lowest BCUT2D eigenvalue weighted by Crippen LogP contribution is -2.29. The molecule has 1 heterocycles. The topological polar surface area (TPSA) is 64.0 Å². The second-order valence-electron chi connectivity index (χ2n) is 7.40. The zero-order valence-corrected chi connectivity index (χ0v) is 17.0. The number of benzene rings is 3. The lowest BCUT2D eigenvalue weighted by molar-refractivity contribution is 0.0937. The van der Waals surface area contributed by atoms with Gasteiger partial charge in [-0.25, -0.2) is 4.98 Å². The highest BCUT2D eigenvalue weighted by molar-refractivity contribution is 5.97. The van der Waals surface area contributed by atoms with Crippen molar-refractivity contribution in [2.45, 2.75) is 26.4 Å². The molecule has 0 aliphatic carbocycles. The second-order valence-corrected chi connectivity index (χ2v) is 7.40. The van der Waals surface area contributed by atoms with Crippen LogP contribution in [0.5, 0.6) is 0 Å². The normalized spacial score (nSPS) is 11.9. The third-order valence-electron chi connectivity index (χ3n) is 5.10. The summed E-state index contributed by atoms with van der Waals surface area (Å²) in [5.74, 6) is 0.484. The van der Waals surface area contributed by atoms with Gasteiger partial charge in [-0.05, 0) is 38.1 Å². The van der Waals surface area contributed by atoms with Crippen LogP contribution < -0.4 is 5.32 Å². The third kappa shape index (κ3) is 4.01. The molecule has 3 aromatic carbocycles. The van der Waals surface area contributed by atoms with Crippen LogP contribution in [0.15, 0.2) is 78.9 Å². The molecule has 1 unspecified atom stereocenters. The van der Waals surface area contributed by atoms with Crippen LogP contribution in [0.3, 0.4) is 0 Å². The molecule has 1 atom stereocenters. The number of aryl methyl sites for hydroxylation is 1. The van der Waals surface area contributed by atoms with Gasteiger partial charge in [0, 0.05) is 11.1 Å². The second kappa shape index (κ2) is 8.33. The molecule has 4 aromatic rings. The lowest BCUT2D eigenvalue weighted by Gasteiger charge is -2.16. The highest BCUT2D eigenvalue weighted by atomic mass is 16.1. The van der Waals surface area contributed by atoms with E-state index in [-0.39, 0.29) is 24.3 Å². The summed E-state index contributed by atoms with van der Waals surface area (Å²) < 4.78 is 1.89. The molecule has 1 aromatic heterocycles. The fourth-order valence-electron chi connectivity index (χ4n) is 3.58. The first-order valence-corrected chi connectivity index (χ1v) is 9.94. The number of fused-ring (bicyclic) bond motifs is 1. The van der Waals surface area contributed by atoms with Gasteiger partial charge in [0.15, 0.2) is 5.78 Å². The highest BCUT2D eigenvalue weighted by Gasteiger charge is 2.21. The summed E-state index contributed by atoms with van der Waals surface area (Å²) in [5, 5.41) is 3.02. The molecule has 1 N–H and O–H groups in total. The Kier molecular flexibility index (Phi) is 5.44. The quantitative estimate of drug-likeness (QED) is 0.479. The van der Waals surface area contributed by atoms with Crippen molar-refractivity contribution >= 4 is 22.7 Å². The number of para-hydroxylation sites is 2. The molecule has 0 bridgehead atoms. The molecule has 0 spiro atoms. The minimum absolute atomic E-state index is 0.00258. The number of hydrogen-bond acceptors (Lipinski definition) is 3. The summed E-state index contributed by atoms with van der Waals surface area (Å²) in [6.07, 6.45) is 0. The first-order chi connectivity index (χ1) is 14.5. The Morgan fingerprint density at radius 2 is 1.63 bits per heavy atom. The van der Waals surface area contributed by atoms with Gasteiger partial charge in [0.25, 0.3) is 5.91 Å². The summed E-state index contributed by atoms with van der Waals surface area (Å²) in [4.78, 5) is 30.3. The number of amides is 1. The van der Waals surface area contributed by atoms with E-state index in [9.17, 15) is 9.59 Å². The Bertz CT molecular complexity index is 1210. The Hall–Kier alpha value is -3.73. The third-order valence-corrected chi connectivity index (χ3v) is 5.10. The zero-order chi connectivity index (χ0) is 21.1. The fourth-order valence-corrected chi connectivity index (χ4v) is 3.58. The van der Waals surface area contributed by atoms with Gasteiger partial charge in [-0.15, -0.1) is 0 Å². The standard InChI is InChI=1S/C25H23N3O2/c1-17-9-8-12-20(15-17)25(30)26-18(2)24-27-21-13-6-7-14-22(21)28(24)16-23(29)19-10-4-3-5-11-19/h3-15,18H,16H2,1-2H3,(H,26,30). The summed E-state index contributed by atoms with van der Waals surface area (Å²) in [5.41, 5.74) is 3.94. The number of ketones is 1. The highest BCUT2D eigenvalue weighted by Crippen LogP contribution is 2.22. The molecule has 150 valence electrons. The number of hydrogen-bond donors (Lipinski definition) is 1. The van der Waals surface area contributed by atoms with Gasteiger partial charge >= 0.3 is 0 Å². The molecule has 4 rings (SSSR count). The van der Waals surface area contributed by atoms with Crippen molar-refractivity contribution in [3.63, 3.8) is 0 Å². The summed E-state index contributed by atoms with van der Waals surface area (Å²) in [6.45, 7) is 4.00. The van der Waals surface area contributed by atoms with Gasteiger partial charge in [-0.1, -0.05) is 60.2 Å². The maximum absolute atomic E-state index is 12.9. The molecule has 0 saturated carbocycles. The number of imidazole rings is 1. The number of Topliss-reactive ketones (excluding diaryl/α,β-unsaturated/α-hetero) is 1. The number of carbonyl (C=O) groups excluding carboxylic acids is 2. The number of nitrogens with zero attached hydrogens (tertiary/aromatic N) is 2. The average Bonchev–Trinajstić information content (AvgIpc) is 3.13. The Balaban J connectivity index is 1.65. The molecular formula is C25H23N3O2. The van der Waals surface area contributed by atoms with Gasteiger partial charge in [-0.3, -0.25) is 9.59 Å². The van der Waals surface area contributed by atoms with Gasteiger partial charge < -0.3 is 9.88 Å². The SMILES string of the molecule is Cc1cccc(C(=O)NC(C)c2nc3ccccc3n2CC(=O)c2ccccc2)c1. The van der Waals surface area contributed by atoms with Crippen molar-refractivity contribution in [3.8, 4) is 0 Å². The van der Waals surface area contributed by atoms with Crippen molar-refractivity contribution < 1.29 is 9.59 Å². The van der Waals surface area contributed by atoms with E-state index in [0.29, 0.717) is 17.0 Å². The van der Waals surface area contributed by atoms with Crippen molar-refractivity contribution in [2.75, 3.05) is 0 Å². The van der Waals surface area contributed by atoms with Gasteiger partial charge in [0.2, 0.25) is 0 Å². The molecule has 0 aliphatic heterocycles. The molecule has 30 heavy (non-hydrogen) atoms. The Labute approximate surface area is 175 Å². The smallest absolute Gasteiger partial charge is 0.251 e. The van der Waals surface area contributed by atoms with Crippen molar-refractivity contribution in [1.29, 1.82) is 0 Å². The van der Waals surface area contributed by atoms with Crippen LogP contribution in [-0.2, 0) is 6.54 Å². The molecule has 0 radical (unpaired) electrons. The van der Waals surface area contributed by atoms with Gasteiger partial charge in [-0.2, -0.15) is 0 Å². The molecule has 5 nitrogen and oxygen atoms in total. The molecule has 0 fully saturated rings. The van der Waals surface area contributed by atoms with E-state index in [0.717, 1.165) is 16.6 Å². The number of rotatable bonds is 6. The monoisotopic (exact) mass is 397 g/mol. The summed E-state index contributed by atoms with van der Waals surface area (Å²) >= 11 is 0. The molecule has 5 heteroatoms. The number of carbonyl (C=O) groups is 2. The predicted molar refractivity (Wildman–Crippen MR) is 118 cm³/mol. The van der Waals surface area contributed by atoms with Crippen molar-refractivity contribution in [3.05, 3.63) is 101 Å². The number of nitrogens with one attached hydrogen (secondary N) is 1. The average molecular weight is 397 g/mol. The molecule has 0 aliphatic rings. The van der Waals surface area contributed by atoms with Crippen LogP contribution in [0.25, 0.3) is 11.0 Å². The van der Waals surface area contributed by atoms with Gasteiger partial charge in [0.1, 0.15) is 5.82 Å². The van der Waals surface area contributed by atoms with E-state index in [1.165, 1.54) is 0 Å². The molecule has 1 amide bonds. The fraction of sp³-hybridized carbons (Fsp3) is 0.160. The van der Waals surface area contributed by atoms with Crippen LogP contribution in [0.4, 0.5) is 0 Å². The number of aromatic nitrogens is 2. The lowest BCUT2D eigenvalue weighted by atomic mass is 10.1. The first-order valence-electron chi connectivity index (χ1n) is 9.94. The Morgan fingerprint density at radius 3 is 2.40 bits per heavy atom. The van der Waals surface area contributed by atoms with Crippen molar-refractivity contribution in [1.82, 2.24) is 14.9 Å². The maximum Gasteiger partial charge on any atom is 0.251 e. The minimum atomic E-state index is -0.367. The zero-order valence-electron chi connectivity index (χ0n) is 17.0. The van der Waals surface area contributed by atoms with E-state index in [2.05, 4.69) is 5.32 Å². The van der Waals surface area contributed by atoms with Crippen LogP contribution in [0.1, 0.15) is 45.1 Å². The predicted octanol–water partition coefficient (Wildman–Crippen LogP) is 4.72. The van der Waals surface area contributed by atoms with E-state index >= 15 is 0 Å². The van der Waals surface area contributed by atoms with E-state index in [4.69, 9.17) is 4.98 Å². The van der Waals surface area contributed by atoms with Gasteiger partial charge in [0.05, 0.1) is 23.6 Å². The van der Waals surface area contributed by atoms with Crippen LogP contribution in [0, 0.1) is 6.92 Å².